The fourth-order valence-electron chi connectivity index (χ4n) is 3.39. The highest BCUT2D eigenvalue weighted by atomic mass is 79.9. The number of hydrogen-bond donors (Lipinski definition) is 2. The number of benzene rings is 2. The number of nitrogens with one attached hydrogen (secondary N) is 1. The molecule has 0 aliphatic heterocycles. The fraction of sp³-hybridized carbons (Fsp3) is 0.350. The Balaban J connectivity index is 0.00000225. The highest BCUT2D eigenvalue weighted by molar-refractivity contribution is 9.10. The third-order valence-electron chi connectivity index (χ3n) is 4.71. The Bertz CT molecular complexity index is 678. The molecule has 3 unspecified atom stereocenters. The van der Waals surface area contributed by atoms with Gasteiger partial charge in [0.2, 0.25) is 5.91 Å². The summed E-state index contributed by atoms with van der Waals surface area (Å²) in [6.07, 6.45) is 3.78. The van der Waals surface area contributed by atoms with Crippen molar-refractivity contribution in [3.63, 3.8) is 0 Å². The van der Waals surface area contributed by atoms with Crippen LogP contribution >= 0.6 is 28.3 Å². The average Bonchev–Trinajstić information content (AvgIpc) is 2.61. The monoisotopic (exact) mass is 422 g/mol. The smallest absolute Gasteiger partial charge is 0.223 e. The molecule has 1 saturated carbocycles. The Kier molecular flexibility index (Phi) is 7.48. The molecule has 0 radical (unpaired) electrons. The van der Waals surface area contributed by atoms with E-state index >= 15 is 0 Å². The van der Waals surface area contributed by atoms with Crippen molar-refractivity contribution >= 4 is 34.2 Å². The average molecular weight is 424 g/mol. The number of carbonyl (C=O) groups excluding carboxylic acids is 1. The topological polar surface area (TPSA) is 55.1 Å². The molecule has 1 fully saturated rings. The first kappa shape index (κ1) is 20.0. The standard InChI is InChI=1S/C20H23BrN2O.ClH/c21-17-11-9-15(10-12-17)19(14-5-2-1-3-6-14)23-20(24)16-7-4-8-18(22)13-16;/h1-3,5-6,9-12,16,18-19H,4,7-8,13,22H2,(H,23,24);1H. The zero-order valence-electron chi connectivity index (χ0n) is 14.0. The van der Waals surface area contributed by atoms with Crippen LogP contribution in [0.4, 0.5) is 0 Å². The Morgan fingerprint density at radius 3 is 2.32 bits per heavy atom. The lowest BCUT2D eigenvalue weighted by Gasteiger charge is -2.28. The van der Waals surface area contributed by atoms with Crippen molar-refractivity contribution in [1.82, 2.24) is 5.32 Å². The summed E-state index contributed by atoms with van der Waals surface area (Å²) < 4.78 is 1.03. The summed E-state index contributed by atoms with van der Waals surface area (Å²) in [5.74, 6) is 0.136. The lowest BCUT2D eigenvalue weighted by Crippen LogP contribution is -2.39. The van der Waals surface area contributed by atoms with Gasteiger partial charge >= 0.3 is 0 Å². The van der Waals surface area contributed by atoms with Crippen LogP contribution in [0, 0.1) is 5.92 Å². The lowest BCUT2D eigenvalue weighted by molar-refractivity contribution is -0.126. The van der Waals surface area contributed by atoms with Crippen LogP contribution in [-0.4, -0.2) is 11.9 Å². The highest BCUT2D eigenvalue weighted by Gasteiger charge is 2.27. The van der Waals surface area contributed by atoms with Crippen molar-refractivity contribution in [2.75, 3.05) is 0 Å². The molecule has 2 aromatic carbocycles. The summed E-state index contributed by atoms with van der Waals surface area (Å²) in [6.45, 7) is 0. The van der Waals surface area contributed by atoms with Crippen molar-refractivity contribution in [2.45, 2.75) is 37.8 Å². The summed E-state index contributed by atoms with van der Waals surface area (Å²) in [4.78, 5) is 12.8. The molecule has 3 atom stereocenters. The maximum Gasteiger partial charge on any atom is 0.223 e. The second-order valence-corrected chi connectivity index (χ2v) is 7.44. The molecular weight excluding hydrogens is 400 g/mol. The summed E-state index contributed by atoms with van der Waals surface area (Å²) in [5, 5.41) is 3.25. The van der Waals surface area contributed by atoms with Gasteiger partial charge in [0.25, 0.3) is 0 Å². The van der Waals surface area contributed by atoms with E-state index in [0.717, 1.165) is 41.3 Å². The van der Waals surface area contributed by atoms with E-state index in [-0.39, 0.29) is 36.3 Å². The quantitative estimate of drug-likeness (QED) is 0.755. The third kappa shape index (κ3) is 5.30. The predicted molar refractivity (Wildman–Crippen MR) is 108 cm³/mol. The van der Waals surface area contributed by atoms with Gasteiger partial charge in [-0.3, -0.25) is 4.79 Å². The van der Waals surface area contributed by atoms with E-state index in [1.807, 2.05) is 30.3 Å². The van der Waals surface area contributed by atoms with Crippen LogP contribution in [0.3, 0.4) is 0 Å². The van der Waals surface area contributed by atoms with Gasteiger partial charge in [-0.1, -0.05) is 64.8 Å². The van der Waals surface area contributed by atoms with Crippen molar-refractivity contribution in [3.8, 4) is 0 Å². The largest absolute Gasteiger partial charge is 0.345 e. The van der Waals surface area contributed by atoms with Gasteiger partial charge in [0, 0.05) is 16.4 Å². The zero-order valence-corrected chi connectivity index (χ0v) is 16.4. The van der Waals surface area contributed by atoms with Crippen LogP contribution in [0.15, 0.2) is 59.1 Å². The van der Waals surface area contributed by atoms with Gasteiger partial charge < -0.3 is 11.1 Å². The molecule has 3 N–H and O–H groups in total. The molecule has 2 aromatic rings. The summed E-state index contributed by atoms with van der Waals surface area (Å²) in [5.41, 5.74) is 8.22. The van der Waals surface area contributed by atoms with Crippen LogP contribution in [0.25, 0.3) is 0 Å². The van der Waals surface area contributed by atoms with E-state index in [0.29, 0.717) is 0 Å². The van der Waals surface area contributed by atoms with E-state index in [1.54, 1.807) is 0 Å². The molecule has 0 saturated heterocycles. The second-order valence-electron chi connectivity index (χ2n) is 6.53. The van der Waals surface area contributed by atoms with Crippen molar-refractivity contribution in [1.29, 1.82) is 0 Å². The fourth-order valence-corrected chi connectivity index (χ4v) is 3.65. The SMILES string of the molecule is Cl.NC1CCCC(C(=O)NC(c2ccccc2)c2ccc(Br)cc2)C1. The van der Waals surface area contributed by atoms with Crippen LogP contribution in [0.5, 0.6) is 0 Å². The van der Waals surface area contributed by atoms with Gasteiger partial charge in [-0.15, -0.1) is 12.4 Å². The van der Waals surface area contributed by atoms with Crippen LogP contribution in [-0.2, 0) is 4.79 Å². The van der Waals surface area contributed by atoms with E-state index in [2.05, 4.69) is 45.5 Å². The van der Waals surface area contributed by atoms with Gasteiger partial charge in [0.1, 0.15) is 0 Å². The molecule has 134 valence electrons. The minimum Gasteiger partial charge on any atom is -0.345 e. The number of carbonyl (C=O) groups is 1. The minimum absolute atomic E-state index is 0. The third-order valence-corrected chi connectivity index (χ3v) is 5.24. The summed E-state index contributed by atoms with van der Waals surface area (Å²) in [6, 6.07) is 18.2. The van der Waals surface area contributed by atoms with E-state index in [9.17, 15) is 4.79 Å². The first-order chi connectivity index (χ1) is 11.6. The van der Waals surface area contributed by atoms with Gasteiger partial charge in [-0.2, -0.15) is 0 Å². The number of nitrogens with two attached hydrogens (primary N) is 1. The first-order valence-corrected chi connectivity index (χ1v) is 9.29. The Morgan fingerprint density at radius 1 is 1.04 bits per heavy atom. The number of halogens is 2. The number of amides is 1. The molecule has 3 rings (SSSR count). The summed E-state index contributed by atoms with van der Waals surface area (Å²) >= 11 is 3.47. The maximum absolute atomic E-state index is 12.8. The molecular formula is C20H24BrClN2O. The summed E-state index contributed by atoms with van der Waals surface area (Å²) in [7, 11) is 0. The zero-order chi connectivity index (χ0) is 16.9. The van der Waals surface area contributed by atoms with Crippen LogP contribution in [0.2, 0.25) is 0 Å². The van der Waals surface area contributed by atoms with Crippen molar-refractivity contribution < 1.29 is 4.79 Å². The lowest BCUT2D eigenvalue weighted by atomic mass is 9.85. The molecule has 1 amide bonds. The minimum atomic E-state index is -0.134. The molecule has 0 bridgehead atoms. The molecule has 25 heavy (non-hydrogen) atoms. The second kappa shape index (κ2) is 9.37. The number of rotatable bonds is 4. The molecule has 1 aliphatic carbocycles. The van der Waals surface area contributed by atoms with E-state index in [1.165, 1.54) is 0 Å². The van der Waals surface area contributed by atoms with Crippen molar-refractivity contribution in [2.24, 2.45) is 11.7 Å². The van der Waals surface area contributed by atoms with Gasteiger partial charge in [-0.05, 0) is 42.5 Å². The normalized spacial score (nSPS) is 21.0. The van der Waals surface area contributed by atoms with Gasteiger partial charge in [0.05, 0.1) is 6.04 Å². The highest BCUT2D eigenvalue weighted by Crippen LogP contribution is 2.27. The van der Waals surface area contributed by atoms with Crippen LogP contribution in [0.1, 0.15) is 42.9 Å². The maximum atomic E-state index is 12.8. The Morgan fingerprint density at radius 2 is 1.68 bits per heavy atom. The first-order valence-electron chi connectivity index (χ1n) is 8.50. The van der Waals surface area contributed by atoms with Crippen LogP contribution < -0.4 is 11.1 Å². The predicted octanol–water partition coefficient (Wildman–Crippen LogP) is 4.59. The molecule has 0 aromatic heterocycles. The van der Waals surface area contributed by atoms with Gasteiger partial charge in [0.15, 0.2) is 0 Å². The van der Waals surface area contributed by atoms with E-state index < -0.39 is 0 Å². The molecule has 0 heterocycles. The van der Waals surface area contributed by atoms with Crippen molar-refractivity contribution in [3.05, 3.63) is 70.2 Å². The Hall–Kier alpha value is -1.36. The number of hydrogen-bond acceptors (Lipinski definition) is 2. The van der Waals surface area contributed by atoms with Gasteiger partial charge in [-0.25, -0.2) is 0 Å². The molecule has 0 spiro atoms. The Labute approximate surface area is 163 Å². The molecule has 5 heteroatoms. The molecule has 1 aliphatic rings. The van der Waals surface area contributed by atoms with E-state index in [4.69, 9.17) is 5.73 Å². The molecule has 3 nitrogen and oxygen atoms in total.